The predicted octanol–water partition coefficient (Wildman–Crippen LogP) is 0.592. The molecule has 0 saturated carbocycles. The van der Waals surface area contributed by atoms with Crippen molar-refractivity contribution in [2.75, 3.05) is 30.4 Å². The molecular formula is C10H16N4O. The lowest BCUT2D eigenvalue weighted by molar-refractivity contribution is 0.0985. The summed E-state index contributed by atoms with van der Waals surface area (Å²) in [5, 5.41) is 0. The summed E-state index contributed by atoms with van der Waals surface area (Å²) in [7, 11) is 0. The van der Waals surface area contributed by atoms with Crippen molar-refractivity contribution in [2.45, 2.75) is 19.9 Å². The quantitative estimate of drug-likeness (QED) is 0.732. The summed E-state index contributed by atoms with van der Waals surface area (Å²) in [4.78, 5) is 10.7. The van der Waals surface area contributed by atoms with Gasteiger partial charge >= 0.3 is 0 Å². The van der Waals surface area contributed by atoms with E-state index in [0.29, 0.717) is 17.7 Å². The van der Waals surface area contributed by atoms with Crippen molar-refractivity contribution >= 4 is 11.6 Å². The number of hydrogen-bond acceptors (Lipinski definition) is 5. The van der Waals surface area contributed by atoms with Crippen molar-refractivity contribution in [3.8, 4) is 0 Å². The first-order chi connectivity index (χ1) is 7.16. The Bertz CT molecular complexity index is 335. The van der Waals surface area contributed by atoms with Gasteiger partial charge in [0.15, 0.2) is 0 Å². The van der Waals surface area contributed by atoms with Gasteiger partial charge in [-0.3, -0.25) is 0 Å². The third-order valence-corrected chi connectivity index (χ3v) is 2.51. The Morgan fingerprint density at radius 2 is 2.33 bits per heavy atom. The van der Waals surface area contributed by atoms with Gasteiger partial charge in [0.2, 0.25) is 0 Å². The fraction of sp³-hybridized carbons (Fsp3) is 0.600. The van der Waals surface area contributed by atoms with Crippen molar-refractivity contribution in [1.82, 2.24) is 9.97 Å². The normalized spacial score (nSPS) is 21.7. The van der Waals surface area contributed by atoms with E-state index >= 15 is 0 Å². The fourth-order valence-electron chi connectivity index (χ4n) is 1.79. The molecule has 5 nitrogen and oxygen atoms in total. The molecule has 1 aliphatic heterocycles. The number of aryl methyl sites for hydroxylation is 1. The van der Waals surface area contributed by atoms with Crippen LogP contribution in [0.3, 0.4) is 0 Å². The standard InChI is InChI=1S/C10H16N4O/c1-7-6-15-4-3-14(7)10-5-9(11)12-8(2)13-10/h5,7H,3-4,6H2,1-2H3,(H2,11,12,13). The van der Waals surface area contributed by atoms with Crippen molar-refractivity contribution in [1.29, 1.82) is 0 Å². The highest BCUT2D eigenvalue weighted by molar-refractivity contribution is 5.47. The minimum absolute atomic E-state index is 0.340. The zero-order chi connectivity index (χ0) is 10.8. The summed E-state index contributed by atoms with van der Waals surface area (Å²) in [6, 6.07) is 2.15. The van der Waals surface area contributed by atoms with Crippen LogP contribution in [0.15, 0.2) is 6.07 Å². The molecule has 0 spiro atoms. The molecule has 5 heteroatoms. The molecule has 1 unspecified atom stereocenters. The van der Waals surface area contributed by atoms with Gasteiger partial charge < -0.3 is 15.4 Å². The number of hydrogen-bond donors (Lipinski definition) is 1. The van der Waals surface area contributed by atoms with Crippen molar-refractivity contribution in [3.63, 3.8) is 0 Å². The molecule has 0 aliphatic carbocycles. The maximum Gasteiger partial charge on any atom is 0.134 e. The third-order valence-electron chi connectivity index (χ3n) is 2.51. The molecule has 1 aromatic rings. The number of nitrogens with two attached hydrogens (primary N) is 1. The Morgan fingerprint density at radius 1 is 1.53 bits per heavy atom. The molecule has 0 amide bonds. The van der Waals surface area contributed by atoms with Gasteiger partial charge in [-0.2, -0.15) is 0 Å². The maximum atomic E-state index is 5.70. The summed E-state index contributed by atoms with van der Waals surface area (Å²) >= 11 is 0. The second kappa shape index (κ2) is 4.02. The van der Waals surface area contributed by atoms with Gasteiger partial charge in [0.05, 0.1) is 19.3 Å². The number of ether oxygens (including phenoxy) is 1. The molecule has 2 heterocycles. The van der Waals surface area contributed by atoms with Gasteiger partial charge in [-0.1, -0.05) is 0 Å². The first kappa shape index (κ1) is 10.2. The second-order valence-corrected chi connectivity index (χ2v) is 3.82. The highest BCUT2D eigenvalue weighted by Gasteiger charge is 2.20. The smallest absolute Gasteiger partial charge is 0.134 e. The van der Waals surface area contributed by atoms with Crippen LogP contribution < -0.4 is 10.6 Å². The van der Waals surface area contributed by atoms with Gasteiger partial charge in [0.25, 0.3) is 0 Å². The molecule has 1 atom stereocenters. The van der Waals surface area contributed by atoms with Crippen LogP contribution in [0, 0.1) is 6.92 Å². The predicted molar refractivity (Wildman–Crippen MR) is 58.8 cm³/mol. The zero-order valence-corrected chi connectivity index (χ0v) is 9.10. The van der Waals surface area contributed by atoms with E-state index in [4.69, 9.17) is 10.5 Å². The van der Waals surface area contributed by atoms with Gasteiger partial charge in [-0.05, 0) is 13.8 Å². The number of nitrogens with zero attached hydrogens (tertiary/aromatic N) is 3. The molecule has 0 radical (unpaired) electrons. The van der Waals surface area contributed by atoms with Gasteiger partial charge in [0.1, 0.15) is 17.5 Å². The molecule has 0 bridgehead atoms. The Kier molecular flexibility index (Phi) is 2.73. The number of rotatable bonds is 1. The summed E-state index contributed by atoms with van der Waals surface area (Å²) in [6.45, 7) is 6.31. The van der Waals surface area contributed by atoms with Crippen LogP contribution in [0.5, 0.6) is 0 Å². The van der Waals surface area contributed by atoms with Crippen LogP contribution in [0.4, 0.5) is 11.6 Å². The first-order valence-electron chi connectivity index (χ1n) is 5.12. The number of morpholine rings is 1. The van der Waals surface area contributed by atoms with Crippen LogP contribution in [0.25, 0.3) is 0 Å². The van der Waals surface area contributed by atoms with Gasteiger partial charge in [-0.25, -0.2) is 9.97 Å². The SMILES string of the molecule is Cc1nc(N)cc(N2CCOCC2C)n1. The van der Waals surface area contributed by atoms with Crippen LogP contribution in [0.1, 0.15) is 12.7 Å². The van der Waals surface area contributed by atoms with Crippen LogP contribution in [0.2, 0.25) is 0 Å². The van der Waals surface area contributed by atoms with Gasteiger partial charge in [0, 0.05) is 12.6 Å². The molecule has 1 aliphatic rings. The lowest BCUT2D eigenvalue weighted by Gasteiger charge is -2.34. The van der Waals surface area contributed by atoms with Crippen molar-refractivity contribution in [2.24, 2.45) is 0 Å². The molecule has 82 valence electrons. The van der Waals surface area contributed by atoms with Crippen LogP contribution in [-0.2, 0) is 4.74 Å². The van der Waals surface area contributed by atoms with E-state index in [1.807, 2.05) is 13.0 Å². The Labute approximate surface area is 89.3 Å². The minimum Gasteiger partial charge on any atom is -0.384 e. The lowest BCUT2D eigenvalue weighted by Crippen LogP contribution is -2.44. The fourth-order valence-corrected chi connectivity index (χ4v) is 1.79. The summed E-state index contributed by atoms with van der Waals surface area (Å²) in [5.41, 5.74) is 5.70. The van der Waals surface area contributed by atoms with E-state index in [-0.39, 0.29) is 0 Å². The van der Waals surface area contributed by atoms with E-state index in [1.165, 1.54) is 0 Å². The molecule has 1 fully saturated rings. The Hall–Kier alpha value is -1.36. The van der Waals surface area contributed by atoms with Crippen LogP contribution in [-0.4, -0.2) is 35.8 Å². The number of aromatic nitrogens is 2. The highest BCUT2D eigenvalue weighted by Crippen LogP contribution is 2.18. The molecule has 2 N–H and O–H groups in total. The van der Waals surface area contributed by atoms with E-state index in [9.17, 15) is 0 Å². The van der Waals surface area contributed by atoms with Crippen LogP contribution >= 0.6 is 0 Å². The minimum atomic E-state index is 0.340. The first-order valence-corrected chi connectivity index (χ1v) is 5.12. The average Bonchev–Trinajstić information content (AvgIpc) is 2.16. The summed E-state index contributed by atoms with van der Waals surface area (Å²) in [6.07, 6.45) is 0. The lowest BCUT2D eigenvalue weighted by atomic mass is 10.2. The number of anilines is 2. The molecule has 0 aromatic carbocycles. The van der Waals surface area contributed by atoms with E-state index in [1.54, 1.807) is 0 Å². The number of nitrogen functional groups attached to an aromatic ring is 1. The second-order valence-electron chi connectivity index (χ2n) is 3.82. The zero-order valence-electron chi connectivity index (χ0n) is 9.10. The monoisotopic (exact) mass is 208 g/mol. The topological polar surface area (TPSA) is 64.3 Å². The molecule has 1 saturated heterocycles. The van der Waals surface area contributed by atoms with E-state index in [0.717, 1.165) is 25.6 Å². The summed E-state index contributed by atoms with van der Waals surface area (Å²) < 4.78 is 5.38. The molecule has 2 rings (SSSR count). The molecule has 15 heavy (non-hydrogen) atoms. The van der Waals surface area contributed by atoms with Crippen molar-refractivity contribution < 1.29 is 4.74 Å². The molecular weight excluding hydrogens is 192 g/mol. The highest BCUT2D eigenvalue weighted by atomic mass is 16.5. The van der Waals surface area contributed by atoms with E-state index in [2.05, 4.69) is 21.8 Å². The average molecular weight is 208 g/mol. The largest absolute Gasteiger partial charge is 0.384 e. The molecule has 1 aromatic heterocycles. The Morgan fingerprint density at radius 3 is 3.00 bits per heavy atom. The Balaban J connectivity index is 2.27. The summed E-state index contributed by atoms with van der Waals surface area (Å²) in [5.74, 6) is 2.13. The van der Waals surface area contributed by atoms with E-state index < -0.39 is 0 Å². The van der Waals surface area contributed by atoms with Crippen molar-refractivity contribution in [3.05, 3.63) is 11.9 Å². The maximum absolute atomic E-state index is 5.70. The third kappa shape index (κ3) is 2.18. The van der Waals surface area contributed by atoms with Gasteiger partial charge in [-0.15, -0.1) is 0 Å².